The topological polar surface area (TPSA) is 64.4 Å². The normalized spacial score (nSPS) is 10.8. The molecule has 0 aliphatic rings. The molecule has 0 aliphatic carbocycles. The van der Waals surface area contributed by atoms with Crippen molar-refractivity contribution in [3.8, 4) is 11.5 Å². The molecule has 98 valence electrons. The SMILES string of the molecule is Cc1ccc(Oc2cnn(C)c2)c(/C=C/C(=O)O)c1. The van der Waals surface area contributed by atoms with Gasteiger partial charge in [-0.2, -0.15) is 5.10 Å². The third kappa shape index (κ3) is 3.45. The maximum atomic E-state index is 10.6. The van der Waals surface area contributed by atoms with Gasteiger partial charge >= 0.3 is 5.97 Å². The summed E-state index contributed by atoms with van der Waals surface area (Å²) in [4.78, 5) is 10.6. The average Bonchev–Trinajstić information content (AvgIpc) is 2.75. The number of carboxylic acid groups (broad SMARTS) is 1. The minimum atomic E-state index is -0.992. The molecule has 1 aromatic carbocycles. The van der Waals surface area contributed by atoms with Crippen LogP contribution in [0.1, 0.15) is 11.1 Å². The van der Waals surface area contributed by atoms with Crippen LogP contribution in [0.5, 0.6) is 11.5 Å². The molecular weight excluding hydrogens is 244 g/mol. The van der Waals surface area contributed by atoms with Gasteiger partial charge in [0.1, 0.15) is 5.75 Å². The molecular formula is C14H14N2O3. The fraction of sp³-hybridized carbons (Fsp3) is 0.143. The Morgan fingerprint density at radius 2 is 2.26 bits per heavy atom. The van der Waals surface area contributed by atoms with Crippen LogP contribution in [0, 0.1) is 6.92 Å². The highest BCUT2D eigenvalue weighted by atomic mass is 16.5. The lowest BCUT2D eigenvalue weighted by Crippen LogP contribution is -1.90. The molecule has 0 atom stereocenters. The van der Waals surface area contributed by atoms with Crippen LogP contribution in [0.15, 0.2) is 36.7 Å². The third-order valence-corrected chi connectivity index (χ3v) is 2.48. The van der Waals surface area contributed by atoms with Crippen LogP contribution in [-0.4, -0.2) is 20.9 Å². The lowest BCUT2D eigenvalue weighted by Gasteiger charge is -2.07. The largest absolute Gasteiger partial charge is 0.478 e. The lowest BCUT2D eigenvalue weighted by atomic mass is 10.1. The van der Waals surface area contributed by atoms with Crippen molar-refractivity contribution in [3.63, 3.8) is 0 Å². The van der Waals surface area contributed by atoms with Crippen LogP contribution in [0.4, 0.5) is 0 Å². The van der Waals surface area contributed by atoms with E-state index in [1.807, 2.05) is 25.1 Å². The van der Waals surface area contributed by atoms with Crippen LogP contribution in [-0.2, 0) is 11.8 Å². The Kier molecular flexibility index (Phi) is 3.66. The number of carbonyl (C=O) groups is 1. The van der Waals surface area contributed by atoms with Crippen molar-refractivity contribution in [1.82, 2.24) is 9.78 Å². The number of aliphatic carboxylic acids is 1. The average molecular weight is 258 g/mol. The quantitative estimate of drug-likeness (QED) is 0.856. The van der Waals surface area contributed by atoms with Gasteiger partial charge in [-0.15, -0.1) is 0 Å². The van der Waals surface area contributed by atoms with Gasteiger partial charge < -0.3 is 9.84 Å². The summed E-state index contributed by atoms with van der Waals surface area (Å²) >= 11 is 0. The number of carboxylic acids is 1. The highest BCUT2D eigenvalue weighted by molar-refractivity contribution is 5.86. The maximum Gasteiger partial charge on any atom is 0.328 e. The highest BCUT2D eigenvalue weighted by Gasteiger charge is 2.05. The van der Waals surface area contributed by atoms with E-state index in [0.717, 1.165) is 11.6 Å². The van der Waals surface area contributed by atoms with Gasteiger partial charge in [0.15, 0.2) is 5.75 Å². The maximum absolute atomic E-state index is 10.6. The summed E-state index contributed by atoms with van der Waals surface area (Å²) in [6.45, 7) is 1.94. The van der Waals surface area contributed by atoms with Crippen molar-refractivity contribution in [3.05, 3.63) is 47.8 Å². The summed E-state index contributed by atoms with van der Waals surface area (Å²) in [6.07, 6.45) is 5.95. The second kappa shape index (κ2) is 5.39. The molecule has 0 bridgehead atoms. The molecule has 0 unspecified atom stereocenters. The number of ether oxygens (including phenoxy) is 1. The number of rotatable bonds is 4. The molecule has 0 saturated heterocycles. The van der Waals surface area contributed by atoms with Gasteiger partial charge in [-0.25, -0.2) is 4.79 Å². The Labute approximate surface area is 110 Å². The van der Waals surface area contributed by atoms with Crippen molar-refractivity contribution in [2.45, 2.75) is 6.92 Å². The summed E-state index contributed by atoms with van der Waals surface area (Å²) in [5.41, 5.74) is 1.75. The fourth-order valence-corrected chi connectivity index (χ4v) is 1.63. The zero-order valence-corrected chi connectivity index (χ0v) is 10.7. The van der Waals surface area contributed by atoms with Crippen molar-refractivity contribution in [2.75, 3.05) is 0 Å². The smallest absolute Gasteiger partial charge is 0.328 e. The monoisotopic (exact) mass is 258 g/mol. The van der Waals surface area contributed by atoms with Gasteiger partial charge in [0.2, 0.25) is 0 Å². The molecule has 1 heterocycles. The predicted octanol–water partition coefficient (Wildman–Crippen LogP) is 2.62. The molecule has 1 aromatic heterocycles. The van der Waals surface area contributed by atoms with Crippen LogP contribution in [0.25, 0.3) is 6.08 Å². The molecule has 2 rings (SSSR count). The summed E-state index contributed by atoms with van der Waals surface area (Å²) < 4.78 is 7.33. The predicted molar refractivity (Wildman–Crippen MR) is 71.1 cm³/mol. The number of nitrogens with zero attached hydrogens (tertiary/aromatic N) is 2. The number of hydrogen-bond donors (Lipinski definition) is 1. The molecule has 5 nitrogen and oxygen atoms in total. The Hall–Kier alpha value is -2.56. The first-order chi connectivity index (χ1) is 9.04. The zero-order chi connectivity index (χ0) is 13.8. The van der Waals surface area contributed by atoms with Gasteiger partial charge in [-0.3, -0.25) is 4.68 Å². The van der Waals surface area contributed by atoms with Crippen molar-refractivity contribution in [2.24, 2.45) is 7.05 Å². The second-order valence-corrected chi connectivity index (χ2v) is 4.16. The van der Waals surface area contributed by atoms with Gasteiger partial charge in [0.25, 0.3) is 0 Å². The van der Waals surface area contributed by atoms with E-state index in [0.29, 0.717) is 17.1 Å². The summed E-state index contributed by atoms with van der Waals surface area (Å²) in [6, 6.07) is 5.58. The highest BCUT2D eigenvalue weighted by Crippen LogP contribution is 2.26. The number of aromatic nitrogens is 2. The van der Waals surface area contributed by atoms with E-state index in [-0.39, 0.29) is 0 Å². The number of benzene rings is 1. The van der Waals surface area contributed by atoms with E-state index in [1.165, 1.54) is 6.08 Å². The van der Waals surface area contributed by atoms with Crippen LogP contribution < -0.4 is 4.74 Å². The van der Waals surface area contributed by atoms with E-state index >= 15 is 0 Å². The Bertz CT molecular complexity index is 629. The summed E-state index contributed by atoms with van der Waals surface area (Å²) in [5, 5.41) is 12.7. The van der Waals surface area contributed by atoms with Crippen LogP contribution >= 0.6 is 0 Å². The van der Waals surface area contributed by atoms with Gasteiger partial charge in [-0.05, 0) is 25.1 Å². The standard InChI is InChI=1S/C14H14N2O3/c1-10-3-5-13(11(7-10)4-6-14(17)18)19-12-8-15-16(2)9-12/h3-9H,1-2H3,(H,17,18)/b6-4+. The lowest BCUT2D eigenvalue weighted by molar-refractivity contribution is -0.131. The molecule has 19 heavy (non-hydrogen) atoms. The van der Waals surface area contributed by atoms with E-state index in [9.17, 15) is 4.79 Å². The van der Waals surface area contributed by atoms with E-state index in [1.54, 1.807) is 24.1 Å². The van der Waals surface area contributed by atoms with Crippen molar-refractivity contribution >= 4 is 12.0 Å². The molecule has 0 fully saturated rings. The molecule has 0 radical (unpaired) electrons. The van der Waals surface area contributed by atoms with Crippen LogP contribution in [0.2, 0.25) is 0 Å². The summed E-state index contributed by atoms with van der Waals surface area (Å²) in [5.74, 6) is 0.210. The van der Waals surface area contributed by atoms with E-state index in [2.05, 4.69) is 5.10 Å². The Morgan fingerprint density at radius 3 is 2.89 bits per heavy atom. The minimum absolute atomic E-state index is 0.594. The first-order valence-corrected chi connectivity index (χ1v) is 5.73. The molecule has 0 aliphatic heterocycles. The molecule has 0 spiro atoms. The number of aryl methyl sites for hydroxylation is 2. The number of hydrogen-bond acceptors (Lipinski definition) is 3. The zero-order valence-electron chi connectivity index (χ0n) is 10.7. The second-order valence-electron chi connectivity index (χ2n) is 4.16. The van der Waals surface area contributed by atoms with Crippen LogP contribution in [0.3, 0.4) is 0 Å². The van der Waals surface area contributed by atoms with Gasteiger partial charge in [0, 0.05) is 18.7 Å². The Morgan fingerprint density at radius 1 is 1.47 bits per heavy atom. The van der Waals surface area contributed by atoms with E-state index in [4.69, 9.17) is 9.84 Å². The summed E-state index contributed by atoms with van der Waals surface area (Å²) in [7, 11) is 1.80. The third-order valence-electron chi connectivity index (χ3n) is 2.48. The van der Waals surface area contributed by atoms with Crippen molar-refractivity contribution < 1.29 is 14.6 Å². The van der Waals surface area contributed by atoms with Gasteiger partial charge in [0.05, 0.1) is 12.4 Å². The first kappa shape index (κ1) is 12.9. The first-order valence-electron chi connectivity index (χ1n) is 5.73. The van der Waals surface area contributed by atoms with Crippen molar-refractivity contribution in [1.29, 1.82) is 0 Å². The minimum Gasteiger partial charge on any atom is -0.478 e. The molecule has 1 N–H and O–H groups in total. The fourth-order valence-electron chi connectivity index (χ4n) is 1.63. The molecule has 2 aromatic rings. The Balaban J connectivity index is 2.31. The molecule has 0 amide bonds. The molecule has 0 saturated carbocycles. The van der Waals surface area contributed by atoms with Gasteiger partial charge in [-0.1, -0.05) is 11.6 Å². The van der Waals surface area contributed by atoms with E-state index < -0.39 is 5.97 Å². The molecule has 5 heteroatoms.